The molecule has 1 rings (SSSR count). The first-order valence-corrected chi connectivity index (χ1v) is 5.75. The Morgan fingerprint density at radius 2 is 2.15 bits per heavy atom. The summed E-state index contributed by atoms with van der Waals surface area (Å²) in [7, 11) is 2.21. The van der Waals surface area contributed by atoms with Gasteiger partial charge in [0.05, 0.1) is 0 Å². The lowest BCUT2D eigenvalue weighted by Crippen LogP contribution is -2.32. The summed E-state index contributed by atoms with van der Waals surface area (Å²) in [6, 6.07) is 0.770. The third kappa shape index (κ3) is 4.63. The number of rotatable bonds is 6. The zero-order valence-corrected chi connectivity index (χ0v) is 9.18. The molecular weight excluding hydrogens is 160 g/mol. The van der Waals surface area contributed by atoms with Crippen molar-refractivity contribution in [3.8, 4) is 0 Å². The maximum Gasteiger partial charge on any atom is 0.0207 e. The predicted molar refractivity (Wildman–Crippen MR) is 58.0 cm³/mol. The third-order valence-corrected chi connectivity index (χ3v) is 2.85. The molecule has 0 spiro atoms. The van der Waals surface area contributed by atoms with Crippen LogP contribution in [0.4, 0.5) is 0 Å². The molecule has 0 aliphatic carbocycles. The number of likely N-dealkylation sites (tertiary alicyclic amines) is 1. The SMILES string of the molecule is CCCCCCNC1CCN(C)C1. The van der Waals surface area contributed by atoms with Crippen LogP contribution in [0.25, 0.3) is 0 Å². The monoisotopic (exact) mass is 184 g/mol. The van der Waals surface area contributed by atoms with Gasteiger partial charge in [-0.15, -0.1) is 0 Å². The van der Waals surface area contributed by atoms with Gasteiger partial charge in [0.15, 0.2) is 0 Å². The third-order valence-electron chi connectivity index (χ3n) is 2.85. The Hall–Kier alpha value is -0.0800. The highest BCUT2D eigenvalue weighted by Gasteiger charge is 2.17. The van der Waals surface area contributed by atoms with Gasteiger partial charge in [-0.05, 0) is 33.0 Å². The Morgan fingerprint density at radius 1 is 1.31 bits per heavy atom. The fraction of sp³-hybridized carbons (Fsp3) is 1.00. The fourth-order valence-electron chi connectivity index (χ4n) is 1.96. The van der Waals surface area contributed by atoms with Gasteiger partial charge in [-0.3, -0.25) is 0 Å². The first kappa shape index (κ1) is 11.0. The molecule has 0 aromatic carbocycles. The number of hydrogen-bond donors (Lipinski definition) is 1. The van der Waals surface area contributed by atoms with Crippen molar-refractivity contribution in [2.45, 2.75) is 45.1 Å². The van der Waals surface area contributed by atoms with Crippen molar-refractivity contribution in [3.05, 3.63) is 0 Å². The fourth-order valence-corrected chi connectivity index (χ4v) is 1.96. The lowest BCUT2D eigenvalue weighted by molar-refractivity contribution is 0.396. The van der Waals surface area contributed by atoms with Crippen molar-refractivity contribution in [1.82, 2.24) is 10.2 Å². The highest BCUT2D eigenvalue weighted by Crippen LogP contribution is 2.06. The van der Waals surface area contributed by atoms with Gasteiger partial charge in [0.2, 0.25) is 0 Å². The van der Waals surface area contributed by atoms with E-state index in [0.717, 1.165) is 6.04 Å². The number of hydrogen-bond acceptors (Lipinski definition) is 2. The predicted octanol–water partition coefficient (Wildman–Crippen LogP) is 1.86. The van der Waals surface area contributed by atoms with Crippen LogP contribution in [-0.4, -0.2) is 37.6 Å². The van der Waals surface area contributed by atoms with E-state index in [1.54, 1.807) is 0 Å². The molecule has 13 heavy (non-hydrogen) atoms. The van der Waals surface area contributed by atoms with Crippen molar-refractivity contribution >= 4 is 0 Å². The van der Waals surface area contributed by atoms with Crippen LogP contribution in [0.15, 0.2) is 0 Å². The lowest BCUT2D eigenvalue weighted by Gasteiger charge is -2.12. The minimum Gasteiger partial charge on any atom is -0.313 e. The van der Waals surface area contributed by atoms with Crippen molar-refractivity contribution in [3.63, 3.8) is 0 Å². The van der Waals surface area contributed by atoms with Gasteiger partial charge in [-0.1, -0.05) is 26.2 Å². The Labute approximate surface area is 82.7 Å². The molecule has 1 aliphatic heterocycles. The van der Waals surface area contributed by atoms with Gasteiger partial charge < -0.3 is 10.2 Å². The standard InChI is InChI=1S/C11H24N2/c1-3-4-5-6-8-12-11-7-9-13(2)10-11/h11-12H,3-10H2,1-2H3. The maximum atomic E-state index is 3.63. The number of likely N-dealkylation sites (N-methyl/N-ethyl adjacent to an activating group) is 1. The van der Waals surface area contributed by atoms with E-state index in [9.17, 15) is 0 Å². The maximum absolute atomic E-state index is 3.63. The number of unbranched alkanes of at least 4 members (excludes halogenated alkanes) is 3. The van der Waals surface area contributed by atoms with Crippen LogP contribution in [0.2, 0.25) is 0 Å². The molecule has 1 heterocycles. The largest absolute Gasteiger partial charge is 0.313 e. The molecule has 1 unspecified atom stereocenters. The second kappa shape index (κ2) is 6.39. The van der Waals surface area contributed by atoms with Gasteiger partial charge in [-0.25, -0.2) is 0 Å². The van der Waals surface area contributed by atoms with E-state index >= 15 is 0 Å². The summed E-state index contributed by atoms with van der Waals surface area (Å²) in [6.07, 6.45) is 6.82. The Morgan fingerprint density at radius 3 is 2.77 bits per heavy atom. The molecule has 1 aliphatic rings. The summed E-state index contributed by atoms with van der Waals surface area (Å²) in [5.74, 6) is 0. The molecule has 0 radical (unpaired) electrons. The highest BCUT2D eigenvalue weighted by molar-refractivity contribution is 4.78. The van der Waals surface area contributed by atoms with Crippen LogP contribution in [0.3, 0.4) is 0 Å². The molecule has 1 fully saturated rings. The summed E-state index contributed by atoms with van der Waals surface area (Å²) in [6.45, 7) is 6.00. The van der Waals surface area contributed by atoms with E-state index < -0.39 is 0 Å². The second-order valence-electron chi connectivity index (χ2n) is 4.26. The molecular formula is C11H24N2. The molecule has 0 aromatic rings. The Balaban J connectivity index is 1.88. The topological polar surface area (TPSA) is 15.3 Å². The van der Waals surface area contributed by atoms with E-state index in [2.05, 4.69) is 24.2 Å². The van der Waals surface area contributed by atoms with Crippen LogP contribution in [0, 0.1) is 0 Å². The van der Waals surface area contributed by atoms with Gasteiger partial charge in [-0.2, -0.15) is 0 Å². The molecule has 0 aromatic heterocycles. The van der Waals surface area contributed by atoms with Crippen molar-refractivity contribution in [2.24, 2.45) is 0 Å². The second-order valence-corrected chi connectivity index (χ2v) is 4.26. The summed E-state index contributed by atoms with van der Waals surface area (Å²) in [5, 5.41) is 3.63. The summed E-state index contributed by atoms with van der Waals surface area (Å²) < 4.78 is 0. The lowest BCUT2D eigenvalue weighted by atomic mass is 10.2. The zero-order valence-electron chi connectivity index (χ0n) is 9.18. The van der Waals surface area contributed by atoms with E-state index in [1.807, 2.05) is 0 Å². The van der Waals surface area contributed by atoms with Gasteiger partial charge in [0.1, 0.15) is 0 Å². The quantitative estimate of drug-likeness (QED) is 0.634. The first-order chi connectivity index (χ1) is 6.33. The van der Waals surface area contributed by atoms with Gasteiger partial charge >= 0.3 is 0 Å². The number of nitrogens with zero attached hydrogens (tertiary/aromatic N) is 1. The van der Waals surface area contributed by atoms with Gasteiger partial charge in [0, 0.05) is 12.6 Å². The highest BCUT2D eigenvalue weighted by atomic mass is 15.2. The summed E-state index contributed by atoms with van der Waals surface area (Å²) in [5.41, 5.74) is 0. The Kier molecular flexibility index (Phi) is 5.40. The van der Waals surface area contributed by atoms with Crippen molar-refractivity contribution in [2.75, 3.05) is 26.7 Å². The van der Waals surface area contributed by atoms with Gasteiger partial charge in [0.25, 0.3) is 0 Å². The van der Waals surface area contributed by atoms with E-state index in [4.69, 9.17) is 0 Å². The van der Waals surface area contributed by atoms with Crippen molar-refractivity contribution in [1.29, 1.82) is 0 Å². The number of nitrogens with one attached hydrogen (secondary N) is 1. The zero-order chi connectivity index (χ0) is 9.52. The Bertz CT molecular complexity index is 125. The molecule has 1 N–H and O–H groups in total. The first-order valence-electron chi connectivity index (χ1n) is 5.75. The van der Waals surface area contributed by atoms with Crippen molar-refractivity contribution < 1.29 is 0 Å². The molecule has 78 valence electrons. The summed E-state index contributed by atoms with van der Waals surface area (Å²) >= 11 is 0. The van der Waals surface area contributed by atoms with E-state index in [-0.39, 0.29) is 0 Å². The van der Waals surface area contributed by atoms with Crippen LogP contribution >= 0.6 is 0 Å². The summed E-state index contributed by atoms with van der Waals surface area (Å²) in [4.78, 5) is 2.41. The normalized spacial score (nSPS) is 24.0. The minimum atomic E-state index is 0.770. The molecule has 0 amide bonds. The van der Waals surface area contributed by atoms with Crippen LogP contribution in [0.5, 0.6) is 0 Å². The van der Waals surface area contributed by atoms with Crippen LogP contribution in [-0.2, 0) is 0 Å². The molecule has 1 saturated heterocycles. The minimum absolute atomic E-state index is 0.770. The average molecular weight is 184 g/mol. The van der Waals surface area contributed by atoms with E-state index in [1.165, 1.54) is 51.7 Å². The molecule has 2 nitrogen and oxygen atoms in total. The molecule has 1 atom stereocenters. The molecule has 0 bridgehead atoms. The smallest absolute Gasteiger partial charge is 0.0207 e. The molecule has 0 saturated carbocycles. The van der Waals surface area contributed by atoms with Crippen LogP contribution in [0.1, 0.15) is 39.0 Å². The molecule has 2 heteroatoms. The van der Waals surface area contributed by atoms with Crippen LogP contribution < -0.4 is 5.32 Å². The van der Waals surface area contributed by atoms with E-state index in [0.29, 0.717) is 0 Å². The average Bonchev–Trinajstić information content (AvgIpc) is 2.51.